The maximum absolute atomic E-state index is 12.5. The van der Waals surface area contributed by atoms with Crippen molar-refractivity contribution >= 4 is 40.3 Å². The van der Waals surface area contributed by atoms with Gasteiger partial charge in [-0.2, -0.15) is 0 Å². The summed E-state index contributed by atoms with van der Waals surface area (Å²) in [4.78, 5) is 24.6. The maximum atomic E-state index is 12.5. The van der Waals surface area contributed by atoms with Crippen molar-refractivity contribution in [1.82, 2.24) is 14.8 Å². The molecule has 0 aliphatic carbocycles. The third-order valence-corrected chi connectivity index (χ3v) is 5.86. The van der Waals surface area contributed by atoms with Crippen molar-refractivity contribution < 1.29 is 23.5 Å². The number of carbonyl (C=O) groups is 2. The quantitative estimate of drug-likeness (QED) is 0.289. The number of hydrogen-bond acceptors (Lipinski definition) is 8. The second-order valence-corrected chi connectivity index (χ2v) is 8.67. The van der Waals surface area contributed by atoms with Crippen LogP contribution in [0.3, 0.4) is 0 Å². The van der Waals surface area contributed by atoms with Gasteiger partial charge in [-0.15, -0.1) is 10.2 Å². The molecule has 0 bridgehead atoms. The minimum Gasteiger partial charge on any atom is -0.493 e. The molecule has 4 aromatic rings. The number of methoxy groups -OCH3 is 1. The number of aromatic nitrogens is 3. The van der Waals surface area contributed by atoms with Crippen LogP contribution in [0.1, 0.15) is 24.2 Å². The van der Waals surface area contributed by atoms with Gasteiger partial charge in [0.05, 0.1) is 24.5 Å². The molecule has 10 heteroatoms. The first-order valence-corrected chi connectivity index (χ1v) is 11.5. The first-order valence-electron chi connectivity index (χ1n) is 10.6. The van der Waals surface area contributed by atoms with Crippen LogP contribution >= 0.6 is 11.8 Å². The van der Waals surface area contributed by atoms with E-state index in [1.54, 1.807) is 49.8 Å². The second kappa shape index (κ2) is 10.0. The minimum atomic E-state index is -0.435. The molecule has 2 aromatic heterocycles. The van der Waals surface area contributed by atoms with E-state index >= 15 is 0 Å². The first-order chi connectivity index (χ1) is 16.4. The largest absolute Gasteiger partial charge is 0.493 e. The van der Waals surface area contributed by atoms with Crippen LogP contribution in [-0.2, 0) is 16.6 Å². The number of carbonyl (C=O) groups excluding carboxylic acids is 2. The van der Waals surface area contributed by atoms with E-state index in [4.69, 9.17) is 13.9 Å². The Morgan fingerprint density at radius 2 is 1.94 bits per heavy atom. The number of rotatable bonds is 8. The van der Waals surface area contributed by atoms with Crippen molar-refractivity contribution in [3.8, 4) is 17.3 Å². The van der Waals surface area contributed by atoms with Crippen molar-refractivity contribution in [2.24, 2.45) is 7.05 Å². The number of nitrogens with zero attached hydrogens (tertiary/aromatic N) is 3. The highest BCUT2D eigenvalue weighted by molar-refractivity contribution is 7.99. The van der Waals surface area contributed by atoms with E-state index < -0.39 is 5.97 Å². The highest BCUT2D eigenvalue weighted by Gasteiger charge is 2.18. The van der Waals surface area contributed by atoms with Gasteiger partial charge in [-0.05, 0) is 44.2 Å². The van der Waals surface area contributed by atoms with Crippen LogP contribution in [0.15, 0.2) is 58.1 Å². The predicted octanol–water partition coefficient (Wildman–Crippen LogP) is 4.53. The lowest BCUT2D eigenvalue weighted by molar-refractivity contribution is -0.113. The lowest BCUT2D eigenvalue weighted by atomic mass is 10.2. The van der Waals surface area contributed by atoms with Gasteiger partial charge in [-0.3, -0.25) is 4.79 Å². The summed E-state index contributed by atoms with van der Waals surface area (Å²) in [6.45, 7) is 3.56. The molecule has 0 saturated heterocycles. The molecule has 0 spiro atoms. The van der Waals surface area contributed by atoms with Crippen LogP contribution in [0.2, 0.25) is 0 Å². The third kappa shape index (κ3) is 5.07. The van der Waals surface area contributed by atoms with E-state index in [1.165, 1.54) is 11.8 Å². The fraction of sp³-hybridized carbons (Fsp3) is 0.250. The molecule has 34 heavy (non-hydrogen) atoms. The Hall–Kier alpha value is -3.79. The van der Waals surface area contributed by atoms with Gasteiger partial charge < -0.3 is 23.8 Å². The summed E-state index contributed by atoms with van der Waals surface area (Å²) in [5, 5.41) is 12.7. The van der Waals surface area contributed by atoms with Gasteiger partial charge in [0.15, 0.2) is 28.1 Å². The Kier molecular flexibility index (Phi) is 6.87. The highest BCUT2D eigenvalue weighted by atomic mass is 32.2. The van der Waals surface area contributed by atoms with E-state index in [0.717, 1.165) is 5.39 Å². The average Bonchev–Trinajstić information content (AvgIpc) is 3.40. The summed E-state index contributed by atoms with van der Waals surface area (Å²) in [6.07, 6.45) is -0.222. The van der Waals surface area contributed by atoms with Gasteiger partial charge in [0.2, 0.25) is 5.91 Å². The van der Waals surface area contributed by atoms with Crippen molar-refractivity contribution in [1.29, 1.82) is 0 Å². The zero-order valence-corrected chi connectivity index (χ0v) is 20.0. The summed E-state index contributed by atoms with van der Waals surface area (Å²) < 4.78 is 18.3. The predicted molar refractivity (Wildman–Crippen MR) is 129 cm³/mol. The van der Waals surface area contributed by atoms with Crippen molar-refractivity contribution in [2.75, 3.05) is 18.2 Å². The Balaban J connectivity index is 1.41. The number of para-hydroxylation sites is 1. The van der Waals surface area contributed by atoms with Crippen molar-refractivity contribution in [3.63, 3.8) is 0 Å². The molecule has 2 heterocycles. The van der Waals surface area contributed by atoms with Gasteiger partial charge >= 0.3 is 5.97 Å². The van der Waals surface area contributed by atoms with Crippen LogP contribution in [0, 0.1) is 0 Å². The van der Waals surface area contributed by atoms with Crippen LogP contribution in [0.4, 0.5) is 5.69 Å². The number of nitrogens with one attached hydrogen (secondary N) is 1. The first kappa shape index (κ1) is 23.4. The zero-order chi connectivity index (χ0) is 24.2. The Bertz CT molecular complexity index is 1340. The van der Waals surface area contributed by atoms with Crippen LogP contribution < -0.4 is 10.1 Å². The number of benzene rings is 2. The zero-order valence-electron chi connectivity index (χ0n) is 19.2. The molecule has 0 fully saturated rings. The monoisotopic (exact) mass is 480 g/mol. The number of amides is 1. The smallest absolute Gasteiger partial charge is 0.338 e. The second-order valence-electron chi connectivity index (χ2n) is 7.73. The molecular weight excluding hydrogens is 456 g/mol. The molecule has 0 radical (unpaired) electrons. The lowest BCUT2D eigenvalue weighted by Crippen LogP contribution is -2.16. The lowest BCUT2D eigenvalue weighted by Gasteiger charge is -2.09. The Labute approximate surface area is 200 Å². The Morgan fingerprint density at radius 1 is 1.15 bits per heavy atom. The van der Waals surface area contributed by atoms with E-state index in [9.17, 15) is 9.59 Å². The van der Waals surface area contributed by atoms with E-state index in [0.29, 0.717) is 39.3 Å². The summed E-state index contributed by atoms with van der Waals surface area (Å²) in [7, 11) is 3.40. The Morgan fingerprint density at radius 3 is 2.71 bits per heavy atom. The summed E-state index contributed by atoms with van der Waals surface area (Å²) in [5.74, 6) is 1.17. The molecule has 0 atom stereocenters. The van der Waals surface area contributed by atoms with Crippen LogP contribution in [0.5, 0.6) is 5.75 Å². The molecule has 0 unspecified atom stereocenters. The van der Waals surface area contributed by atoms with Crippen LogP contribution in [-0.4, -0.2) is 45.6 Å². The number of furan rings is 1. The van der Waals surface area contributed by atoms with E-state index in [1.807, 2.05) is 31.3 Å². The number of esters is 1. The molecule has 0 aliphatic rings. The molecule has 0 saturated carbocycles. The molecule has 9 nitrogen and oxygen atoms in total. The number of anilines is 1. The normalized spacial score (nSPS) is 11.1. The van der Waals surface area contributed by atoms with Gasteiger partial charge in [-0.25, -0.2) is 4.79 Å². The van der Waals surface area contributed by atoms with Gasteiger partial charge in [-0.1, -0.05) is 30.0 Å². The molecule has 0 aliphatic heterocycles. The number of hydrogen-bond donors (Lipinski definition) is 1. The molecule has 1 N–H and O–H groups in total. The topological polar surface area (TPSA) is 108 Å². The number of fused-ring (bicyclic) bond motifs is 1. The van der Waals surface area contributed by atoms with E-state index in [-0.39, 0.29) is 17.8 Å². The highest BCUT2D eigenvalue weighted by Crippen LogP contribution is 2.33. The molecular formula is C24H24N4O5S. The van der Waals surface area contributed by atoms with Gasteiger partial charge in [0, 0.05) is 18.1 Å². The molecule has 176 valence electrons. The number of thioether (sulfide) groups is 1. The molecule has 2 aromatic carbocycles. The number of ether oxygens (including phenoxy) is 2. The summed E-state index contributed by atoms with van der Waals surface area (Å²) in [6, 6.07) is 14.2. The SMILES string of the molecule is COc1cccc2cc(-c3nnc(SCC(=O)Nc4cccc(C(=O)OC(C)C)c4)n3C)oc12. The van der Waals surface area contributed by atoms with Crippen LogP contribution in [0.25, 0.3) is 22.6 Å². The van der Waals surface area contributed by atoms with Crippen molar-refractivity contribution in [2.45, 2.75) is 25.1 Å². The standard InChI is InChI=1S/C24H24N4O5S/c1-14(2)32-23(30)16-8-5-9-17(11-16)25-20(29)13-34-24-27-26-22(28(24)3)19-12-15-7-6-10-18(31-4)21(15)33-19/h5-12,14H,13H2,1-4H3,(H,25,29). The fourth-order valence-corrected chi connectivity index (χ4v) is 4.01. The summed E-state index contributed by atoms with van der Waals surface area (Å²) in [5.41, 5.74) is 1.52. The minimum absolute atomic E-state index is 0.112. The third-order valence-electron chi connectivity index (χ3n) is 4.84. The fourth-order valence-electron chi connectivity index (χ4n) is 3.30. The van der Waals surface area contributed by atoms with Crippen molar-refractivity contribution in [3.05, 3.63) is 54.1 Å². The average molecular weight is 481 g/mol. The summed E-state index contributed by atoms with van der Waals surface area (Å²) >= 11 is 1.24. The molecule has 1 amide bonds. The van der Waals surface area contributed by atoms with E-state index in [2.05, 4.69) is 15.5 Å². The maximum Gasteiger partial charge on any atom is 0.338 e. The van der Waals surface area contributed by atoms with Gasteiger partial charge in [0.1, 0.15) is 0 Å². The van der Waals surface area contributed by atoms with Gasteiger partial charge in [0.25, 0.3) is 0 Å². The molecule has 4 rings (SSSR count).